The molecule has 190 valence electrons. The van der Waals surface area contributed by atoms with Gasteiger partial charge in [-0.05, 0) is 80.4 Å². The van der Waals surface area contributed by atoms with E-state index in [-0.39, 0.29) is 17.4 Å². The van der Waals surface area contributed by atoms with Gasteiger partial charge in [-0.25, -0.2) is 4.79 Å². The second kappa shape index (κ2) is 9.74. The monoisotopic (exact) mass is 506 g/mol. The minimum Gasteiger partial charge on any atom is -0.478 e. The average Bonchev–Trinajstić information content (AvgIpc) is 3.35. The Morgan fingerprint density at radius 1 is 0.921 bits per heavy atom. The van der Waals surface area contributed by atoms with Gasteiger partial charge in [0.2, 0.25) is 0 Å². The molecule has 1 aromatic heterocycles. The first-order chi connectivity index (χ1) is 18.2. The number of fused-ring (bicyclic) bond motifs is 1. The van der Waals surface area contributed by atoms with Crippen LogP contribution < -0.4 is 16.0 Å². The molecule has 5 N–H and O–H groups in total. The predicted octanol–water partition coefficient (Wildman–Crippen LogP) is 6.13. The molecular formula is C30H26N4O4. The highest BCUT2D eigenvalue weighted by Gasteiger charge is 2.26. The number of aromatic nitrogens is 1. The topological polar surface area (TPSA) is 123 Å². The first-order valence-corrected chi connectivity index (χ1v) is 12.1. The molecule has 4 aromatic rings. The second-order valence-corrected chi connectivity index (χ2v) is 9.22. The summed E-state index contributed by atoms with van der Waals surface area (Å²) in [5.74, 6) is -1.47. The number of rotatable bonds is 6. The summed E-state index contributed by atoms with van der Waals surface area (Å²) >= 11 is 0. The lowest BCUT2D eigenvalue weighted by Gasteiger charge is -2.13. The summed E-state index contributed by atoms with van der Waals surface area (Å²) in [4.78, 5) is 40.1. The van der Waals surface area contributed by atoms with Crippen molar-refractivity contribution in [3.63, 3.8) is 0 Å². The van der Waals surface area contributed by atoms with Crippen LogP contribution in [0.25, 0.3) is 11.6 Å². The molecule has 5 rings (SSSR count). The predicted molar refractivity (Wildman–Crippen MR) is 149 cm³/mol. The third-order valence-corrected chi connectivity index (χ3v) is 6.59. The van der Waals surface area contributed by atoms with Crippen LogP contribution in [-0.4, -0.2) is 27.9 Å². The van der Waals surface area contributed by atoms with Crippen LogP contribution in [0.1, 0.15) is 48.8 Å². The molecule has 0 fully saturated rings. The van der Waals surface area contributed by atoms with Gasteiger partial charge in [0.25, 0.3) is 11.8 Å². The smallest absolute Gasteiger partial charge is 0.337 e. The van der Waals surface area contributed by atoms with E-state index in [4.69, 9.17) is 0 Å². The van der Waals surface area contributed by atoms with Gasteiger partial charge in [-0.15, -0.1) is 0 Å². The van der Waals surface area contributed by atoms with E-state index in [1.165, 1.54) is 0 Å². The van der Waals surface area contributed by atoms with Crippen molar-refractivity contribution in [3.8, 4) is 0 Å². The molecule has 0 saturated heterocycles. The quantitative estimate of drug-likeness (QED) is 0.201. The third kappa shape index (κ3) is 4.67. The molecule has 2 heterocycles. The summed E-state index contributed by atoms with van der Waals surface area (Å²) in [5, 5.41) is 18.7. The second-order valence-electron chi connectivity index (χ2n) is 9.22. The number of aromatic amines is 1. The molecule has 0 atom stereocenters. The zero-order valence-electron chi connectivity index (χ0n) is 21.1. The number of amides is 2. The molecule has 1 aliphatic heterocycles. The van der Waals surface area contributed by atoms with Crippen LogP contribution in [-0.2, 0) is 4.79 Å². The maximum Gasteiger partial charge on any atom is 0.337 e. The number of anilines is 4. The summed E-state index contributed by atoms with van der Waals surface area (Å²) in [5.41, 5.74) is 7.46. The van der Waals surface area contributed by atoms with Crippen molar-refractivity contribution in [3.05, 3.63) is 106 Å². The maximum absolute atomic E-state index is 12.8. The Labute approximate surface area is 219 Å². The fourth-order valence-corrected chi connectivity index (χ4v) is 4.58. The van der Waals surface area contributed by atoms with Gasteiger partial charge in [0, 0.05) is 45.3 Å². The zero-order chi connectivity index (χ0) is 27.0. The minimum atomic E-state index is -1.01. The van der Waals surface area contributed by atoms with Crippen molar-refractivity contribution < 1.29 is 19.5 Å². The van der Waals surface area contributed by atoms with Gasteiger partial charge in [0.15, 0.2) is 0 Å². The highest BCUT2D eigenvalue weighted by Crippen LogP contribution is 2.37. The Morgan fingerprint density at radius 2 is 1.66 bits per heavy atom. The first kappa shape index (κ1) is 24.6. The highest BCUT2D eigenvalue weighted by atomic mass is 16.4. The Balaban J connectivity index is 1.43. The van der Waals surface area contributed by atoms with Crippen molar-refractivity contribution >= 4 is 52.2 Å². The van der Waals surface area contributed by atoms with Crippen LogP contribution in [0.5, 0.6) is 0 Å². The molecule has 0 unspecified atom stereocenters. The minimum absolute atomic E-state index is 0.196. The van der Waals surface area contributed by atoms with E-state index >= 15 is 0 Å². The highest BCUT2D eigenvalue weighted by molar-refractivity contribution is 6.35. The molecule has 0 radical (unpaired) electrons. The number of hydrogen-bond acceptors (Lipinski definition) is 4. The van der Waals surface area contributed by atoms with Gasteiger partial charge < -0.3 is 26.0 Å². The van der Waals surface area contributed by atoms with E-state index in [0.717, 1.165) is 16.9 Å². The molecule has 3 aromatic carbocycles. The third-order valence-electron chi connectivity index (χ3n) is 6.59. The van der Waals surface area contributed by atoms with Crippen LogP contribution in [0.3, 0.4) is 0 Å². The number of H-pyrrole nitrogens is 1. The largest absolute Gasteiger partial charge is 0.478 e. The fraction of sp³-hybridized carbons (Fsp3) is 0.100. The van der Waals surface area contributed by atoms with E-state index in [9.17, 15) is 19.5 Å². The van der Waals surface area contributed by atoms with Crippen molar-refractivity contribution in [2.45, 2.75) is 20.8 Å². The van der Waals surface area contributed by atoms with Crippen LogP contribution >= 0.6 is 0 Å². The van der Waals surface area contributed by atoms with Crippen LogP contribution in [0.15, 0.2) is 66.7 Å². The zero-order valence-corrected chi connectivity index (χ0v) is 21.1. The van der Waals surface area contributed by atoms with Crippen molar-refractivity contribution in [1.82, 2.24) is 4.98 Å². The van der Waals surface area contributed by atoms with Gasteiger partial charge >= 0.3 is 5.97 Å². The number of carbonyl (C=O) groups is 3. The summed E-state index contributed by atoms with van der Waals surface area (Å²) in [6.45, 7) is 5.38. The molecule has 0 spiro atoms. The lowest BCUT2D eigenvalue weighted by atomic mass is 10.0. The fourth-order valence-electron chi connectivity index (χ4n) is 4.58. The van der Waals surface area contributed by atoms with Crippen molar-refractivity contribution in [2.75, 3.05) is 16.0 Å². The number of benzene rings is 3. The van der Waals surface area contributed by atoms with E-state index in [1.54, 1.807) is 32.1 Å². The van der Waals surface area contributed by atoms with E-state index in [1.807, 2.05) is 61.5 Å². The summed E-state index contributed by atoms with van der Waals surface area (Å²) < 4.78 is 0. The molecule has 8 heteroatoms. The van der Waals surface area contributed by atoms with Crippen molar-refractivity contribution in [2.24, 2.45) is 0 Å². The van der Waals surface area contributed by atoms with E-state index in [2.05, 4.69) is 20.9 Å². The van der Waals surface area contributed by atoms with Crippen molar-refractivity contribution in [1.29, 1.82) is 0 Å². The van der Waals surface area contributed by atoms with E-state index < -0.39 is 5.97 Å². The average molecular weight is 507 g/mol. The molecule has 0 saturated carbocycles. The molecule has 38 heavy (non-hydrogen) atoms. The standard InChI is InChI=1S/C30H26N4O4/c1-16-9-10-21(33-28(35)19-7-5-4-6-8-19)14-25(16)32-20-11-12-24-22(13-20)23(29(36)34-24)15-26-17(2)27(30(37)38)18(3)31-26/h4-15,31-32H,1-3H3,(H,33,35)(H,34,36)(H,37,38). The van der Waals surface area contributed by atoms with Gasteiger partial charge in [-0.2, -0.15) is 0 Å². The SMILES string of the molecule is Cc1ccc(NC(=O)c2ccccc2)cc1Nc1ccc2c(c1)C(=Cc1[nH]c(C)c(C(=O)O)c1C)C(=O)N2. The number of nitrogens with one attached hydrogen (secondary N) is 4. The maximum atomic E-state index is 12.8. The number of carboxylic acid groups (broad SMARTS) is 1. The summed E-state index contributed by atoms with van der Waals surface area (Å²) in [7, 11) is 0. The Morgan fingerprint density at radius 3 is 2.37 bits per heavy atom. The Hall–Kier alpha value is -5.11. The Bertz CT molecular complexity index is 1630. The molecule has 1 aliphatic rings. The van der Waals surface area contributed by atoms with E-state index in [0.29, 0.717) is 45.0 Å². The van der Waals surface area contributed by atoms with Gasteiger partial charge in [-0.3, -0.25) is 9.59 Å². The lowest BCUT2D eigenvalue weighted by Crippen LogP contribution is -2.11. The molecule has 0 bridgehead atoms. The lowest BCUT2D eigenvalue weighted by molar-refractivity contribution is -0.110. The van der Waals surface area contributed by atoms with Gasteiger partial charge in [0.05, 0.1) is 11.1 Å². The summed E-state index contributed by atoms with van der Waals surface area (Å²) in [6, 6.07) is 20.2. The number of aromatic carboxylic acids is 1. The number of hydrogen-bond donors (Lipinski definition) is 5. The van der Waals surface area contributed by atoms with Gasteiger partial charge in [0.1, 0.15) is 0 Å². The van der Waals surface area contributed by atoms with Crippen LogP contribution in [0.4, 0.5) is 22.7 Å². The van der Waals surface area contributed by atoms with Crippen LogP contribution in [0.2, 0.25) is 0 Å². The molecule has 0 aliphatic carbocycles. The Kier molecular flexibility index (Phi) is 6.30. The normalized spacial score (nSPS) is 13.2. The first-order valence-electron chi connectivity index (χ1n) is 12.1. The summed E-state index contributed by atoms with van der Waals surface area (Å²) in [6.07, 6.45) is 1.69. The number of carbonyl (C=O) groups excluding carboxylic acids is 2. The number of aryl methyl sites for hydroxylation is 2. The van der Waals surface area contributed by atoms with Crippen LogP contribution in [0, 0.1) is 20.8 Å². The van der Waals surface area contributed by atoms with Gasteiger partial charge in [-0.1, -0.05) is 24.3 Å². The molecule has 2 amide bonds. The molecular weight excluding hydrogens is 480 g/mol. The number of carboxylic acids is 1. The molecule has 8 nitrogen and oxygen atoms in total.